The Morgan fingerprint density at radius 1 is 1.00 bits per heavy atom. The van der Waals surface area contributed by atoms with E-state index in [0.717, 1.165) is 17.7 Å². The van der Waals surface area contributed by atoms with E-state index >= 15 is 0 Å². The Hall–Kier alpha value is -3.23. The lowest BCUT2D eigenvalue weighted by molar-refractivity contribution is -0.274. The Bertz CT molecular complexity index is 744. The Morgan fingerprint density at radius 3 is 2.12 bits per heavy atom. The van der Waals surface area contributed by atoms with Crippen LogP contribution in [0.5, 0.6) is 5.75 Å². The first-order valence-electron chi connectivity index (χ1n) is 7.02. The van der Waals surface area contributed by atoms with E-state index in [1.54, 1.807) is 24.3 Å². The van der Waals surface area contributed by atoms with Crippen LogP contribution in [0.2, 0.25) is 0 Å². The summed E-state index contributed by atoms with van der Waals surface area (Å²) in [6, 6.07) is 10.5. The molecule has 0 heterocycles. The second-order valence-corrected chi connectivity index (χ2v) is 4.94. The SMILES string of the molecule is NC(=O)NCc1ccc(C(=O)Nc2ccc(OC(F)(F)F)cc2)cc1. The molecule has 6 nitrogen and oxygen atoms in total. The van der Waals surface area contributed by atoms with Gasteiger partial charge in [0, 0.05) is 17.8 Å². The molecule has 0 bridgehead atoms. The number of carbonyl (C=O) groups excluding carboxylic acids is 2. The summed E-state index contributed by atoms with van der Waals surface area (Å²) in [6.07, 6.45) is -4.77. The summed E-state index contributed by atoms with van der Waals surface area (Å²) in [4.78, 5) is 22.7. The summed E-state index contributed by atoms with van der Waals surface area (Å²) < 4.78 is 40.0. The number of nitrogens with two attached hydrogens (primary N) is 1. The van der Waals surface area contributed by atoms with Crippen LogP contribution < -0.4 is 21.1 Å². The number of hydrogen-bond acceptors (Lipinski definition) is 3. The Kier molecular flexibility index (Phi) is 5.48. The zero-order valence-electron chi connectivity index (χ0n) is 12.8. The highest BCUT2D eigenvalue weighted by Crippen LogP contribution is 2.24. The number of hydrogen-bond donors (Lipinski definition) is 3. The number of rotatable bonds is 5. The van der Waals surface area contributed by atoms with Gasteiger partial charge in [0.05, 0.1) is 0 Å². The van der Waals surface area contributed by atoms with Crippen molar-refractivity contribution < 1.29 is 27.5 Å². The highest BCUT2D eigenvalue weighted by atomic mass is 19.4. The fourth-order valence-electron chi connectivity index (χ4n) is 1.91. The average Bonchev–Trinajstić information content (AvgIpc) is 2.54. The fourth-order valence-corrected chi connectivity index (χ4v) is 1.91. The molecular formula is C16H14F3N3O3. The molecule has 0 aliphatic carbocycles. The number of anilines is 1. The maximum Gasteiger partial charge on any atom is 0.573 e. The number of amides is 3. The quantitative estimate of drug-likeness (QED) is 0.771. The summed E-state index contributed by atoms with van der Waals surface area (Å²) in [6.45, 7) is 0.234. The van der Waals surface area contributed by atoms with Gasteiger partial charge in [-0.25, -0.2) is 4.79 Å². The van der Waals surface area contributed by atoms with Crippen LogP contribution in [0.4, 0.5) is 23.7 Å². The first-order valence-corrected chi connectivity index (χ1v) is 7.02. The van der Waals surface area contributed by atoms with Crippen molar-refractivity contribution in [2.75, 3.05) is 5.32 Å². The molecule has 0 spiro atoms. The molecule has 0 atom stereocenters. The number of alkyl halides is 3. The number of halogens is 3. The third-order valence-electron chi connectivity index (χ3n) is 3.03. The average molecular weight is 353 g/mol. The molecule has 0 fully saturated rings. The molecule has 0 saturated carbocycles. The molecule has 9 heteroatoms. The van der Waals surface area contributed by atoms with Crippen LogP contribution in [0.25, 0.3) is 0 Å². The number of nitrogens with one attached hydrogen (secondary N) is 2. The minimum absolute atomic E-state index is 0.234. The summed E-state index contributed by atoms with van der Waals surface area (Å²) in [5.74, 6) is -0.810. The van der Waals surface area contributed by atoms with E-state index in [-0.39, 0.29) is 12.3 Å². The highest BCUT2D eigenvalue weighted by molar-refractivity contribution is 6.04. The molecule has 25 heavy (non-hydrogen) atoms. The van der Waals surface area contributed by atoms with Gasteiger partial charge in [0.25, 0.3) is 5.91 Å². The molecule has 132 valence electrons. The first kappa shape index (κ1) is 18.1. The number of carbonyl (C=O) groups is 2. The summed E-state index contributed by atoms with van der Waals surface area (Å²) >= 11 is 0. The normalized spacial score (nSPS) is 10.8. The number of primary amides is 1. The van der Waals surface area contributed by atoms with Crippen LogP contribution in [-0.4, -0.2) is 18.3 Å². The van der Waals surface area contributed by atoms with Crippen LogP contribution in [0, 0.1) is 0 Å². The van der Waals surface area contributed by atoms with Gasteiger partial charge in [-0.3, -0.25) is 4.79 Å². The standard InChI is InChI=1S/C16H14F3N3O3/c17-16(18,19)25-13-7-5-12(6-8-13)22-14(23)11-3-1-10(2-4-11)9-21-15(20)24/h1-8H,9H2,(H,22,23)(H3,20,21,24). The van der Waals surface area contributed by atoms with Crippen LogP contribution in [-0.2, 0) is 6.54 Å². The summed E-state index contributed by atoms with van der Waals surface area (Å²) in [5, 5.41) is 4.97. The van der Waals surface area contributed by atoms with Crippen molar-refractivity contribution in [3.05, 3.63) is 59.7 Å². The van der Waals surface area contributed by atoms with Crippen molar-refractivity contribution in [2.45, 2.75) is 12.9 Å². The minimum Gasteiger partial charge on any atom is -0.406 e. The lowest BCUT2D eigenvalue weighted by Gasteiger charge is -2.10. The second kappa shape index (κ2) is 7.56. The number of urea groups is 1. The lowest BCUT2D eigenvalue weighted by atomic mass is 10.1. The predicted molar refractivity (Wildman–Crippen MR) is 83.9 cm³/mol. The molecule has 0 aromatic heterocycles. The number of ether oxygens (including phenoxy) is 1. The van der Waals surface area contributed by atoms with Crippen LogP contribution >= 0.6 is 0 Å². The van der Waals surface area contributed by atoms with Crippen molar-refractivity contribution in [3.63, 3.8) is 0 Å². The van der Waals surface area contributed by atoms with Gasteiger partial charge >= 0.3 is 12.4 Å². The van der Waals surface area contributed by atoms with Crippen molar-refractivity contribution >= 4 is 17.6 Å². The van der Waals surface area contributed by atoms with Crippen LogP contribution in [0.15, 0.2) is 48.5 Å². The molecule has 2 aromatic rings. The van der Waals surface area contributed by atoms with E-state index < -0.39 is 18.3 Å². The topological polar surface area (TPSA) is 93.5 Å². The molecule has 0 unspecified atom stereocenters. The van der Waals surface area contributed by atoms with Crippen molar-refractivity contribution in [3.8, 4) is 5.75 Å². The van der Waals surface area contributed by atoms with E-state index in [0.29, 0.717) is 11.3 Å². The largest absolute Gasteiger partial charge is 0.573 e. The monoisotopic (exact) mass is 353 g/mol. The van der Waals surface area contributed by atoms with E-state index in [2.05, 4.69) is 15.4 Å². The number of benzene rings is 2. The lowest BCUT2D eigenvalue weighted by Crippen LogP contribution is -2.28. The molecule has 0 saturated heterocycles. The second-order valence-electron chi connectivity index (χ2n) is 4.94. The van der Waals surface area contributed by atoms with Crippen molar-refractivity contribution in [2.24, 2.45) is 5.73 Å². The molecule has 0 aliphatic heterocycles. The summed E-state index contributed by atoms with van der Waals surface area (Å²) in [5.41, 5.74) is 6.38. The zero-order chi connectivity index (χ0) is 18.4. The molecule has 2 rings (SSSR count). The van der Waals surface area contributed by atoms with E-state index in [9.17, 15) is 22.8 Å². The van der Waals surface area contributed by atoms with Gasteiger partial charge in [0.2, 0.25) is 0 Å². The minimum atomic E-state index is -4.77. The van der Waals surface area contributed by atoms with Crippen molar-refractivity contribution in [1.82, 2.24) is 5.32 Å². The van der Waals surface area contributed by atoms with Gasteiger partial charge in [-0.15, -0.1) is 13.2 Å². The van der Waals surface area contributed by atoms with Crippen molar-refractivity contribution in [1.29, 1.82) is 0 Å². The molecule has 0 radical (unpaired) electrons. The van der Waals surface area contributed by atoms with Gasteiger partial charge < -0.3 is 21.1 Å². The fraction of sp³-hybridized carbons (Fsp3) is 0.125. The van der Waals surface area contributed by atoms with Crippen LogP contribution in [0.1, 0.15) is 15.9 Å². The van der Waals surface area contributed by atoms with Gasteiger partial charge in [0.15, 0.2) is 0 Å². The van der Waals surface area contributed by atoms with Gasteiger partial charge in [-0.05, 0) is 42.0 Å². The maximum atomic E-state index is 12.1. The third kappa shape index (κ3) is 6.05. The molecule has 4 N–H and O–H groups in total. The zero-order valence-corrected chi connectivity index (χ0v) is 12.8. The molecule has 0 aliphatic rings. The Balaban J connectivity index is 1.96. The predicted octanol–water partition coefficient (Wildman–Crippen LogP) is 3.01. The smallest absolute Gasteiger partial charge is 0.406 e. The van der Waals surface area contributed by atoms with Gasteiger partial charge in [-0.1, -0.05) is 12.1 Å². The maximum absolute atomic E-state index is 12.1. The summed E-state index contributed by atoms with van der Waals surface area (Å²) in [7, 11) is 0. The van der Waals surface area contributed by atoms with Gasteiger partial charge in [0.1, 0.15) is 5.75 Å². The van der Waals surface area contributed by atoms with E-state index in [4.69, 9.17) is 5.73 Å². The molecule has 2 aromatic carbocycles. The Morgan fingerprint density at radius 2 is 1.60 bits per heavy atom. The highest BCUT2D eigenvalue weighted by Gasteiger charge is 2.30. The van der Waals surface area contributed by atoms with Crippen LogP contribution in [0.3, 0.4) is 0 Å². The van der Waals surface area contributed by atoms with E-state index in [1.807, 2.05) is 0 Å². The Labute approximate surface area is 140 Å². The van der Waals surface area contributed by atoms with Gasteiger partial charge in [-0.2, -0.15) is 0 Å². The first-order chi connectivity index (χ1) is 11.7. The molecular weight excluding hydrogens is 339 g/mol. The third-order valence-corrected chi connectivity index (χ3v) is 3.03. The van der Waals surface area contributed by atoms with E-state index in [1.165, 1.54) is 12.1 Å². The molecule has 3 amide bonds.